The van der Waals surface area contributed by atoms with Crippen LogP contribution in [0.15, 0.2) is 18.2 Å². The number of benzene rings is 1. The lowest BCUT2D eigenvalue weighted by molar-refractivity contribution is -0.139. The quantitative estimate of drug-likeness (QED) is 0.719. The Bertz CT molecular complexity index is 758. The number of piperidine rings is 1. The maximum Gasteiger partial charge on any atom is 0.253 e. The van der Waals surface area contributed by atoms with Crippen LogP contribution in [0.25, 0.3) is 0 Å². The molecule has 2 aliphatic heterocycles. The van der Waals surface area contributed by atoms with E-state index in [2.05, 4.69) is 4.90 Å². The summed E-state index contributed by atoms with van der Waals surface area (Å²) in [6, 6.07) is 5.68. The molecular weight excluding hydrogens is 409 g/mol. The van der Waals surface area contributed by atoms with E-state index in [0.29, 0.717) is 28.7 Å². The average Bonchev–Trinajstić information content (AvgIpc) is 3.30. The van der Waals surface area contributed by atoms with Crippen molar-refractivity contribution in [2.45, 2.75) is 44.6 Å². The number of hydrogen-bond acceptors (Lipinski definition) is 3. The number of nitrogens with zero attached hydrogens (tertiary/aromatic N) is 3. The maximum atomic E-state index is 13.1. The Labute approximate surface area is 182 Å². The second-order valence-electron chi connectivity index (χ2n) is 8.52. The molecule has 158 valence electrons. The first-order valence-electron chi connectivity index (χ1n) is 10.8. The normalized spacial score (nSPS) is 24.1. The highest BCUT2D eigenvalue weighted by molar-refractivity contribution is 6.42. The first kappa shape index (κ1) is 21.0. The fraction of sp³-hybridized carbons (Fsp3) is 0.636. The number of halogens is 2. The fourth-order valence-electron chi connectivity index (χ4n) is 5.01. The van der Waals surface area contributed by atoms with Gasteiger partial charge in [0.15, 0.2) is 0 Å². The topological polar surface area (TPSA) is 43.9 Å². The molecule has 0 aromatic heterocycles. The molecule has 2 amide bonds. The third kappa shape index (κ3) is 4.73. The average molecular weight is 438 g/mol. The van der Waals surface area contributed by atoms with Crippen molar-refractivity contribution in [1.29, 1.82) is 0 Å². The molecule has 1 aromatic carbocycles. The molecule has 0 spiro atoms. The fourth-order valence-corrected chi connectivity index (χ4v) is 5.31. The molecule has 3 aliphatic rings. The van der Waals surface area contributed by atoms with Crippen molar-refractivity contribution in [1.82, 2.24) is 14.7 Å². The van der Waals surface area contributed by atoms with Crippen molar-refractivity contribution in [3.63, 3.8) is 0 Å². The molecule has 3 fully saturated rings. The van der Waals surface area contributed by atoms with Crippen LogP contribution in [-0.4, -0.2) is 71.8 Å². The Kier molecular flexibility index (Phi) is 6.67. The third-order valence-electron chi connectivity index (χ3n) is 6.69. The monoisotopic (exact) mass is 437 g/mol. The summed E-state index contributed by atoms with van der Waals surface area (Å²) >= 11 is 12.0. The van der Waals surface area contributed by atoms with Crippen molar-refractivity contribution in [3.05, 3.63) is 33.8 Å². The summed E-state index contributed by atoms with van der Waals surface area (Å²) in [6.45, 7) is 4.75. The number of carbonyl (C=O) groups is 2. The van der Waals surface area contributed by atoms with Crippen LogP contribution in [0.1, 0.15) is 48.9 Å². The van der Waals surface area contributed by atoms with E-state index in [9.17, 15) is 9.59 Å². The predicted octanol–water partition coefficient (Wildman–Crippen LogP) is 3.93. The molecular formula is C22H29Cl2N3O2. The van der Waals surface area contributed by atoms with Crippen LogP contribution >= 0.6 is 23.2 Å². The van der Waals surface area contributed by atoms with E-state index >= 15 is 0 Å². The van der Waals surface area contributed by atoms with Crippen molar-refractivity contribution in [2.75, 3.05) is 39.3 Å². The maximum absolute atomic E-state index is 13.1. The first-order valence-corrected chi connectivity index (χ1v) is 11.6. The molecule has 1 saturated carbocycles. The third-order valence-corrected chi connectivity index (χ3v) is 7.43. The molecule has 7 heteroatoms. The zero-order chi connectivity index (χ0) is 20.4. The van der Waals surface area contributed by atoms with Gasteiger partial charge in [0.05, 0.1) is 16.0 Å². The molecule has 1 aromatic rings. The van der Waals surface area contributed by atoms with Crippen LogP contribution in [0, 0.1) is 5.92 Å². The van der Waals surface area contributed by atoms with Gasteiger partial charge in [-0.05, 0) is 43.9 Å². The molecule has 1 atom stereocenters. The Morgan fingerprint density at radius 2 is 1.55 bits per heavy atom. The van der Waals surface area contributed by atoms with Gasteiger partial charge in [0.2, 0.25) is 5.91 Å². The lowest BCUT2D eigenvalue weighted by Gasteiger charge is -2.40. The SMILES string of the molecule is O=C(c1ccc(Cl)c(Cl)c1)N1CCCC(C(=O)N2CCN(C3CCCC3)CC2)C1. The zero-order valence-electron chi connectivity index (χ0n) is 16.8. The van der Waals surface area contributed by atoms with Gasteiger partial charge in [0.25, 0.3) is 5.91 Å². The number of likely N-dealkylation sites (tertiary alicyclic amines) is 1. The Morgan fingerprint density at radius 3 is 2.24 bits per heavy atom. The minimum atomic E-state index is -0.103. The lowest BCUT2D eigenvalue weighted by Crippen LogP contribution is -2.54. The van der Waals surface area contributed by atoms with Crippen LogP contribution < -0.4 is 0 Å². The summed E-state index contributed by atoms with van der Waals surface area (Å²) < 4.78 is 0. The van der Waals surface area contributed by atoms with Crippen LogP contribution in [0.4, 0.5) is 0 Å². The van der Waals surface area contributed by atoms with Gasteiger partial charge in [-0.25, -0.2) is 0 Å². The first-order chi connectivity index (χ1) is 14.0. The van der Waals surface area contributed by atoms with Crippen molar-refractivity contribution >= 4 is 35.0 Å². The van der Waals surface area contributed by atoms with Crippen LogP contribution in [0.3, 0.4) is 0 Å². The summed E-state index contributed by atoms with van der Waals surface area (Å²) in [5.41, 5.74) is 0.526. The summed E-state index contributed by atoms with van der Waals surface area (Å²) in [6.07, 6.45) is 7.01. The summed E-state index contributed by atoms with van der Waals surface area (Å²) in [5.74, 6) is 0.0309. The van der Waals surface area contributed by atoms with E-state index in [4.69, 9.17) is 23.2 Å². The molecule has 29 heavy (non-hydrogen) atoms. The largest absolute Gasteiger partial charge is 0.340 e. The zero-order valence-corrected chi connectivity index (χ0v) is 18.3. The van der Waals surface area contributed by atoms with E-state index in [1.807, 2.05) is 4.90 Å². The summed E-state index contributed by atoms with van der Waals surface area (Å²) in [4.78, 5) is 32.4. The number of hydrogen-bond donors (Lipinski definition) is 0. The number of piperazine rings is 1. The van der Waals surface area contributed by atoms with Crippen LogP contribution in [0.2, 0.25) is 10.0 Å². The second kappa shape index (κ2) is 9.23. The highest BCUT2D eigenvalue weighted by Gasteiger charge is 2.34. The molecule has 2 saturated heterocycles. The van der Waals surface area contributed by atoms with E-state index in [1.54, 1.807) is 23.1 Å². The highest BCUT2D eigenvalue weighted by atomic mass is 35.5. The molecule has 2 heterocycles. The molecule has 0 N–H and O–H groups in total. The van der Waals surface area contributed by atoms with Crippen LogP contribution in [-0.2, 0) is 4.79 Å². The van der Waals surface area contributed by atoms with Gasteiger partial charge in [-0.3, -0.25) is 14.5 Å². The molecule has 5 nitrogen and oxygen atoms in total. The summed E-state index contributed by atoms with van der Waals surface area (Å²) in [7, 11) is 0. The van der Waals surface area contributed by atoms with Gasteiger partial charge >= 0.3 is 0 Å². The number of rotatable bonds is 3. The van der Waals surface area contributed by atoms with E-state index in [1.165, 1.54) is 25.7 Å². The minimum absolute atomic E-state index is 0.0767. The highest BCUT2D eigenvalue weighted by Crippen LogP contribution is 2.27. The van der Waals surface area contributed by atoms with Gasteiger partial charge in [0.1, 0.15) is 0 Å². The Balaban J connectivity index is 1.33. The van der Waals surface area contributed by atoms with Gasteiger partial charge in [0, 0.05) is 50.9 Å². The van der Waals surface area contributed by atoms with Gasteiger partial charge in [-0.15, -0.1) is 0 Å². The predicted molar refractivity (Wildman–Crippen MR) is 115 cm³/mol. The molecule has 0 bridgehead atoms. The number of carbonyl (C=O) groups excluding carboxylic acids is 2. The number of amides is 2. The van der Waals surface area contributed by atoms with E-state index < -0.39 is 0 Å². The molecule has 1 unspecified atom stereocenters. The van der Waals surface area contributed by atoms with Crippen molar-refractivity contribution in [3.8, 4) is 0 Å². The van der Waals surface area contributed by atoms with Crippen molar-refractivity contribution in [2.24, 2.45) is 5.92 Å². The van der Waals surface area contributed by atoms with E-state index in [0.717, 1.165) is 45.1 Å². The van der Waals surface area contributed by atoms with Crippen molar-refractivity contribution < 1.29 is 9.59 Å². The smallest absolute Gasteiger partial charge is 0.253 e. The molecule has 1 aliphatic carbocycles. The lowest BCUT2D eigenvalue weighted by atomic mass is 9.95. The molecule has 0 radical (unpaired) electrons. The second-order valence-corrected chi connectivity index (χ2v) is 9.33. The standard InChI is InChI=1S/C22H29Cl2N3O2/c23-19-8-7-16(14-20(19)24)21(28)27-9-3-4-17(15-27)22(29)26-12-10-25(11-13-26)18-5-1-2-6-18/h7-8,14,17-18H,1-6,9-13,15H2. The molecule has 4 rings (SSSR count). The summed E-state index contributed by atoms with van der Waals surface area (Å²) in [5, 5.41) is 0.814. The van der Waals surface area contributed by atoms with Gasteiger partial charge in [-0.1, -0.05) is 36.0 Å². The Morgan fingerprint density at radius 1 is 0.828 bits per heavy atom. The van der Waals surface area contributed by atoms with Gasteiger partial charge < -0.3 is 9.80 Å². The Hall–Kier alpha value is -1.30. The minimum Gasteiger partial charge on any atom is -0.340 e. The van der Waals surface area contributed by atoms with Gasteiger partial charge in [-0.2, -0.15) is 0 Å². The van der Waals surface area contributed by atoms with E-state index in [-0.39, 0.29) is 17.7 Å². The van der Waals surface area contributed by atoms with Crippen LogP contribution in [0.5, 0.6) is 0 Å².